The van der Waals surface area contributed by atoms with Gasteiger partial charge in [0.2, 0.25) is 0 Å². The van der Waals surface area contributed by atoms with E-state index in [1.165, 1.54) is 12.1 Å². The van der Waals surface area contributed by atoms with E-state index in [1.807, 2.05) is 0 Å². The van der Waals surface area contributed by atoms with Crippen molar-refractivity contribution in [1.82, 2.24) is 4.98 Å². The van der Waals surface area contributed by atoms with E-state index in [2.05, 4.69) is 4.98 Å². The Bertz CT molecular complexity index is 543. The molecule has 2 N–H and O–H groups in total. The maximum atomic E-state index is 13.2. The number of anilines is 1. The smallest absolute Gasteiger partial charge is 0.258 e. The fourth-order valence-corrected chi connectivity index (χ4v) is 1.15. The van der Waals surface area contributed by atoms with Crippen LogP contribution in [0.4, 0.5) is 19.0 Å². The van der Waals surface area contributed by atoms with E-state index >= 15 is 0 Å². The Hall–Kier alpha value is -2.24. The lowest BCUT2D eigenvalue weighted by Crippen LogP contribution is -2.00. The number of nitrogens with two attached hydrogens (primary N) is 1. The first-order chi connectivity index (χ1) is 8.06. The summed E-state index contributed by atoms with van der Waals surface area (Å²) in [4.78, 5) is 3.40. The number of nitrogens with zero attached hydrogens (tertiary/aromatic N) is 1. The zero-order valence-corrected chi connectivity index (χ0v) is 8.45. The fraction of sp³-hybridized carbons (Fsp3) is 0. The molecule has 0 amide bonds. The van der Waals surface area contributed by atoms with Crippen LogP contribution >= 0.6 is 0 Å². The first kappa shape index (κ1) is 11.3. The summed E-state index contributed by atoms with van der Waals surface area (Å²) in [5, 5.41) is 0. The zero-order valence-electron chi connectivity index (χ0n) is 8.45. The summed E-state index contributed by atoms with van der Waals surface area (Å²) in [6, 6.07) is 5.42. The molecule has 1 aromatic carbocycles. The molecule has 0 radical (unpaired) electrons. The predicted octanol–water partition coefficient (Wildman–Crippen LogP) is 2.87. The van der Waals surface area contributed by atoms with Crippen LogP contribution in [0.1, 0.15) is 0 Å². The summed E-state index contributed by atoms with van der Waals surface area (Å²) in [5.74, 6) is -3.16. The highest BCUT2D eigenvalue weighted by atomic mass is 19.1. The second kappa shape index (κ2) is 4.32. The van der Waals surface area contributed by atoms with Gasteiger partial charge in [-0.25, -0.2) is 13.2 Å². The number of hydrogen-bond acceptors (Lipinski definition) is 3. The average molecular weight is 240 g/mol. The molecule has 0 unspecified atom stereocenters. The van der Waals surface area contributed by atoms with Gasteiger partial charge >= 0.3 is 0 Å². The molecule has 0 aliphatic carbocycles. The predicted molar refractivity (Wildman–Crippen MR) is 55.0 cm³/mol. The van der Waals surface area contributed by atoms with Crippen molar-refractivity contribution in [1.29, 1.82) is 0 Å². The minimum absolute atomic E-state index is 0.170. The lowest BCUT2D eigenvalue weighted by atomic mass is 10.3. The van der Waals surface area contributed by atoms with Crippen molar-refractivity contribution >= 4 is 5.82 Å². The number of nitrogen functional groups attached to an aromatic ring is 1. The maximum absolute atomic E-state index is 13.2. The summed E-state index contributed by atoms with van der Waals surface area (Å²) >= 11 is 0. The monoisotopic (exact) mass is 240 g/mol. The Labute approximate surface area is 94.7 Å². The first-order valence-corrected chi connectivity index (χ1v) is 4.61. The van der Waals surface area contributed by atoms with Crippen LogP contribution in [-0.4, -0.2) is 4.98 Å². The van der Waals surface area contributed by atoms with Gasteiger partial charge in [-0.1, -0.05) is 0 Å². The average Bonchev–Trinajstić information content (AvgIpc) is 2.29. The Kier molecular flexibility index (Phi) is 2.86. The normalized spacial score (nSPS) is 10.3. The Balaban J connectivity index is 2.30. The van der Waals surface area contributed by atoms with E-state index < -0.39 is 29.1 Å². The van der Waals surface area contributed by atoms with Gasteiger partial charge in [0.1, 0.15) is 11.6 Å². The van der Waals surface area contributed by atoms with Crippen molar-refractivity contribution in [3.05, 3.63) is 47.8 Å². The minimum atomic E-state index is -0.985. The summed E-state index contributed by atoms with van der Waals surface area (Å²) < 4.78 is 43.7. The van der Waals surface area contributed by atoms with Gasteiger partial charge in [-0.2, -0.15) is 4.98 Å². The third kappa shape index (κ3) is 2.47. The Morgan fingerprint density at radius 3 is 2.29 bits per heavy atom. The fourth-order valence-electron chi connectivity index (χ4n) is 1.15. The maximum Gasteiger partial charge on any atom is 0.258 e. The summed E-state index contributed by atoms with van der Waals surface area (Å²) in [5.41, 5.74) is 5.17. The van der Waals surface area contributed by atoms with Crippen molar-refractivity contribution in [2.45, 2.75) is 0 Å². The highest BCUT2D eigenvalue weighted by molar-refractivity contribution is 5.36. The molecular weight excluding hydrogens is 233 g/mol. The van der Waals surface area contributed by atoms with Gasteiger partial charge in [-0.15, -0.1) is 0 Å². The second-order valence-corrected chi connectivity index (χ2v) is 3.20. The summed E-state index contributed by atoms with van der Waals surface area (Å²) in [7, 11) is 0. The molecule has 6 heteroatoms. The van der Waals surface area contributed by atoms with Crippen molar-refractivity contribution in [2.24, 2.45) is 0 Å². The molecule has 3 nitrogen and oxygen atoms in total. The molecule has 17 heavy (non-hydrogen) atoms. The molecule has 0 aliphatic rings. The van der Waals surface area contributed by atoms with Crippen LogP contribution < -0.4 is 10.5 Å². The van der Waals surface area contributed by atoms with Crippen molar-refractivity contribution < 1.29 is 17.9 Å². The lowest BCUT2D eigenvalue weighted by Gasteiger charge is -2.06. The van der Waals surface area contributed by atoms with E-state index in [0.717, 1.165) is 12.1 Å². The van der Waals surface area contributed by atoms with E-state index in [1.54, 1.807) is 0 Å². The van der Waals surface area contributed by atoms with E-state index in [9.17, 15) is 13.2 Å². The molecule has 0 saturated carbocycles. The lowest BCUT2D eigenvalue weighted by molar-refractivity contribution is 0.417. The largest absolute Gasteiger partial charge is 0.436 e. The number of benzene rings is 1. The molecule has 0 saturated heterocycles. The van der Waals surface area contributed by atoms with Gasteiger partial charge in [-0.05, 0) is 24.3 Å². The number of rotatable bonds is 2. The van der Waals surface area contributed by atoms with Crippen molar-refractivity contribution in [3.63, 3.8) is 0 Å². The first-order valence-electron chi connectivity index (χ1n) is 4.61. The van der Waals surface area contributed by atoms with Crippen LogP contribution in [-0.2, 0) is 0 Å². The van der Waals surface area contributed by atoms with Gasteiger partial charge in [-0.3, -0.25) is 0 Å². The van der Waals surface area contributed by atoms with Crippen LogP contribution in [0, 0.1) is 17.5 Å². The number of ether oxygens (including phenoxy) is 1. The molecule has 0 fully saturated rings. The van der Waals surface area contributed by atoms with Crippen LogP contribution in [0.2, 0.25) is 0 Å². The highest BCUT2D eigenvalue weighted by Crippen LogP contribution is 2.24. The van der Waals surface area contributed by atoms with Crippen molar-refractivity contribution in [2.75, 3.05) is 5.73 Å². The Morgan fingerprint density at radius 2 is 1.65 bits per heavy atom. The summed E-state index contributed by atoms with van der Waals surface area (Å²) in [6.07, 6.45) is 0. The Morgan fingerprint density at radius 1 is 1.00 bits per heavy atom. The quantitative estimate of drug-likeness (QED) is 0.877. The molecule has 0 spiro atoms. The molecule has 1 aromatic heterocycles. The molecule has 0 aliphatic heterocycles. The topological polar surface area (TPSA) is 48.1 Å². The molecule has 88 valence electrons. The SMILES string of the molecule is Nc1nc(Oc2ccc(F)cc2)c(F)cc1F. The van der Waals surface area contributed by atoms with E-state index in [4.69, 9.17) is 10.5 Å². The molecule has 2 aromatic rings. The second-order valence-electron chi connectivity index (χ2n) is 3.20. The van der Waals surface area contributed by atoms with E-state index in [0.29, 0.717) is 6.07 Å². The van der Waals surface area contributed by atoms with Crippen LogP contribution in [0.15, 0.2) is 30.3 Å². The third-order valence-electron chi connectivity index (χ3n) is 1.95. The van der Waals surface area contributed by atoms with E-state index in [-0.39, 0.29) is 5.75 Å². The number of aromatic nitrogens is 1. The van der Waals surface area contributed by atoms with Crippen molar-refractivity contribution in [3.8, 4) is 11.6 Å². The number of pyridine rings is 1. The standard InChI is InChI=1S/C11H7F3N2O/c12-6-1-3-7(4-2-6)17-11-9(14)5-8(13)10(15)16-11/h1-5H,(H2,15,16). The van der Waals surface area contributed by atoms with Gasteiger partial charge in [0.05, 0.1) is 0 Å². The summed E-state index contributed by atoms with van der Waals surface area (Å²) in [6.45, 7) is 0. The molecule has 0 atom stereocenters. The molecule has 2 rings (SSSR count). The zero-order chi connectivity index (χ0) is 12.4. The van der Waals surface area contributed by atoms with Gasteiger partial charge in [0, 0.05) is 6.07 Å². The van der Waals surface area contributed by atoms with Gasteiger partial charge < -0.3 is 10.5 Å². The van der Waals surface area contributed by atoms with Crippen LogP contribution in [0.3, 0.4) is 0 Å². The van der Waals surface area contributed by atoms with Crippen LogP contribution in [0.25, 0.3) is 0 Å². The minimum Gasteiger partial charge on any atom is -0.436 e. The molecule has 1 heterocycles. The molecule has 0 bridgehead atoms. The number of hydrogen-bond donors (Lipinski definition) is 1. The third-order valence-corrected chi connectivity index (χ3v) is 1.95. The van der Waals surface area contributed by atoms with Gasteiger partial charge in [0.15, 0.2) is 17.5 Å². The van der Waals surface area contributed by atoms with Gasteiger partial charge in [0.25, 0.3) is 5.88 Å². The number of halogens is 3. The molecular formula is C11H7F3N2O. The van der Waals surface area contributed by atoms with Crippen LogP contribution in [0.5, 0.6) is 11.6 Å². The highest BCUT2D eigenvalue weighted by Gasteiger charge is 2.11.